The third-order valence-electron chi connectivity index (χ3n) is 1.84. The van der Waals surface area contributed by atoms with E-state index < -0.39 is 16.0 Å². The van der Waals surface area contributed by atoms with Gasteiger partial charge < -0.3 is 4.74 Å². The molecule has 0 fully saturated rings. The summed E-state index contributed by atoms with van der Waals surface area (Å²) in [7, 11) is -3.64. The largest absolute Gasteiger partial charge is 0.465 e. The summed E-state index contributed by atoms with van der Waals surface area (Å²) in [5, 5.41) is 0. The minimum absolute atomic E-state index is 0.127. The van der Waals surface area contributed by atoms with Gasteiger partial charge in [0, 0.05) is 3.57 Å². The second-order valence-electron chi connectivity index (χ2n) is 3.08. The normalized spacial score (nSPS) is 11.2. The van der Waals surface area contributed by atoms with Crippen LogP contribution in [0.5, 0.6) is 0 Å². The van der Waals surface area contributed by atoms with E-state index in [2.05, 4.69) is 32.0 Å². The van der Waals surface area contributed by atoms with Crippen molar-refractivity contribution in [1.29, 1.82) is 0 Å². The van der Waals surface area contributed by atoms with Gasteiger partial charge in [-0.25, -0.2) is 8.42 Å². The molecular formula is C10H12INO4S. The molecule has 1 N–H and O–H groups in total. The first-order chi connectivity index (χ1) is 7.95. The first-order valence-electron chi connectivity index (χ1n) is 4.86. The summed E-state index contributed by atoms with van der Waals surface area (Å²) >= 11 is 2.08. The van der Waals surface area contributed by atoms with Gasteiger partial charge in [0.05, 0.1) is 11.5 Å². The van der Waals surface area contributed by atoms with Gasteiger partial charge in [-0.3, -0.25) is 4.79 Å². The average Bonchev–Trinajstić information content (AvgIpc) is 2.28. The van der Waals surface area contributed by atoms with Crippen LogP contribution >= 0.6 is 22.6 Å². The first-order valence-corrected chi connectivity index (χ1v) is 7.42. The molecule has 94 valence electrons. The van der Waals surface area contributed by atoms with Crippen molar-refractivity contribution in [2.75, 3.05) is 13.2 Å². The molecule has 7 heteroatoms. The molecule has 0 bridgehead atoms. The Morgan fingerprint density at radius 2 is 1.94 bits per heavy atom. The maximum absolute atomic E-state index is 11.7. The standard InChI is InChI=1S/C10H12INO4S/c1-2-16-10(13)7-12-17(14,15)9-5-3-8(11)4-6-9/h3-6,12H,2,7H2,1H3. The molecule has 1 aromatic carbocycles. The van der Waals surface area contributed by atoms with E-state index in [0.717, 1.165) is 3.57 Å². The van der Waals surface area contributed by atoms with Gasteiger partial charge in [-0.05, 0) is 53.8 Å². The van der Waals surface area contributed by atoms with Gasteiger partial charge >= 0.3 is 5.97 Å². The number of rotatable bonds is 5. The zero-order valence-electron chi connectivity index (χ0n) is 9.14. The highest BCUT2D eigenvalue weighted by atomic mass is 127. The molecule has 0 aliphatic carbocycles. The van der Waals surface area contributed by atoms with Crippen molar-refractivity contribution in [2.24, 2.45) is 0 Å². The number of halogens is 1. The highest BCUT2D eigenvalue weighted by Crippen LogP contribution is 2.11. The minimum Gasteiger partial charge on any atom is -0.465 e. The van der Waals surface area contributed by atoms with E-state index in [1.807, 2.05) is 0 Å². The van der Waals surface area contributed by atoms with Crippen LogP contribution in [0.15, 0.2) is 29.2 Å². The Hall–Kier alpha value is -0.670. The Labute approximate surface area is 114 Å². The van der Waals surface area contributed by atoms with Crippen molar-refractivity contribution < 1.29 is 17.9 Å². The van der Waals surface area contributed by atoms with E-state index in [9.17, 15) is 13.2 Å². The highest BCUT2D eigenvalue weighted by molar-refractivity contribution is 14.1. The van der Waals surface area contributed by atoms with Crippen molar-refractivity contribution in [3.05, 3.63) is 27.8 Å². The van der Waals surface area contributed by atoms with Crippen LogP contribution in [-0.2, 0) is 19.6 Å². The summed E-state index contributed by atoms with van der Waals surface area (Å²) in [6, 6.07) is 6.32. The molecule has 0 unspecified atom stereocenters. The number of ether oxygens (including phenoxy) is 1. The molecule has 0 saturated carbocycles. The van der Waals surface area contributed by atoms with E-state index in [-0.39, 0.29) is 18.0 Å². The third kappa shape index (κ3) is 4.60. The lowest BCUT2D eigenvalue weighted by Crippen LogP contribution is -2.30. The monoisotopic (exact) mass is 369 g/mol. The summed E-state index contributed by atoms with van der Waals surface area (Å²) in [5.41, 5.74) is 0. The minimum atomic E-state index is -3.64. The fourth-order valence-corrected chi connectivity index (χ4v) is 2.39. The van der Waals surface area contributed by atoms with Crippen LogP contribution in [0.3, 0.4) is 0 Å². The van der Waals surface area contributed by atoms with Gasteiger partial charge in [0.2, 0.25) is 10.0 Å². The summed E-state index contributed by atoms with van der Waals surface area (Å²) in [6.07, 6.45) is 0. The molecule has 0 saturated heterocycles. The zero-order chi connectivity index (χ0) is 12.9. The second-order valence-corrected chi connectivity index (χ2v) is 6.10. The van der Waals surface area contributed by atoms with Crippen molar-refractivity contribution in [3.8, 4) is 0 Å². The molecule has 0 radical (unpaired) electrons. The molecule has 0 spiro atoms. The molecule has 0 aliphatic heterocycles. The average molecular weight is 369 g/mol. The number of sulfonamides is 1. The lowest BCUT2D eigenvalue weighted by molar-refractivity contribution is -0.141. The van der Waals surface area contributed by atoms with Crippen LogP contribution in [0.25, 0.3) is 0 Å². The number of hydrogen-bond donors (Lipinski definition) is 1. The Balaban J connectivity index is 2.69. The van der Waals surface area contributed by atoms with Crippen LogP contribution in [0.4, 0.5) is 0 Å². The molecule has 1 aromatic rings. The molecule has 5 nitrogen and oxygen atoms in total. The topological polar surface area (TPSA) is 72.5 Å². The number of carbonyl (C=O) groups excluding carboxylic acids is 1. The molecule has 0 aromatic heterocycles. The van der Waals surface area contributed by atoms with Crippen LogP contribution in [-0.4, -0.2) is 27.5 Å². The molecule has 0 atom stereocenters. The van der Waals surface area contributed by atoms with Gasteiger partial charge in [0.25, 0.3) is 0 Å². The van der Waals surface area contributed by atoms with Crippen molar-refractivity contribution in [2.45, 2.75) is 11.8 Å². The third-order valence-corrected chi connectivity index (χ3v) is 3.97. The second kappa shape index (κ2) is 6.31. The van der Waals surface area contributed by atoms with Crippen LogP contribution in [0.1, 0.15) is 6.92 Å². The first kappa shape index (κ1) is 14.4. The van der Waals surface area contributed by atoms with Crippen LogP contribution in [0, 0.1) is 3.57 Å². The summed E-state index contributed by atoms with van der Waals surface area (Å²) < 4.78 is 31.2. The molecule has 0 heterocycles. The SMILES string of the molecule is CCOC(=O)CNS(=O)(=O)c1ccc(I)cc1. The number of carbonyl (C=O) groups is 1. The number of esters is 1. The van der Waals surface area contributed by atoms with Crippen molar-refractivity contribution in [1.82, 2.24) is 4.72 Å². The van der Waals surface area contributed by atoms with Crippen molar-refractivity contribution >= 4 is 38.6 Å². The lowest BCUT2D eigenvalue weighted by Gasteiger charge is -2.06. The fourth-order valence-electron chi connectivity index (χ4n) is 1.06. The van der Waals surface area contributed by atoms with E-state index in [1.165, 1.54) is 12.1 Å². The molecular weight excluding hydrogens is 357 g/mol. The van der Waals surface area contributed by atoms with Gasteiger partial charge in [0.15, 0.2) is 0 Å². The predicted octanol–water partition coefficient (Wildman–Crippen LogP) is 1.13. The van der Waals surface area contributed by atoms with E-state index in [0.29, 0.717) is 0 Å². The van der Waals surface area contributed by atoms with E-state index in [4.69, 9.17) is 0 Å². The van der Waals surface area contributed by atoms with Gasteiger partial charge in [-0.15, -0.1) is 0 Å². The number of hydrogen-bond acceptors (Lipinski definition) is 4. The Bertz CT molecular complexity index is 484. The zero-order valence-corrected chi connectivity index (χ0v) is 12.1. The number of benzene rings is 1. The molecule has 1 rings (SSSR count). The summed E-state index contributed by atoms with van der Waals surface area (Å²) in [4.78, 5) is 11.2. The van der Waals surface area contributed by atoms with Gasteiger partial charge in [-0.2, -0.15) is 4.72 Å². The summed E-state index contributed by atoms with van der Waals surface area (Å²) in [5.74, 6) is -0.596. The van der Waals surface area contributed by atoms with Crippen molar-refractivity contribution in [3.63, 3.8) is 0 Å². The summed E-state index contributed by atoms with van der Waals surface area (Å²) in [6.45, 7) is 1.53. The smallest absolute Gasteiger partial charge is 0.321 e. The van der Waals surface area contributed by atoms with Crippen LogP contribution < -0.4 is 4.72 Å². The van der Waals surface area contributed by atoms with Gasteiger partial charge in [-0.1, -0.05) is 0 Å². The number of nitrogens with one attached hydrogen (secondary N) is 1. The van der Waals surface area contributed by atoms with Crippen LogP contribution in [0.2, 0.25) is 0 Å². The van der Waals surface area contributed by atoms with E-state index >= 15 is 0 Å². The fraction of sp³-hybridized carbons (Fsp3) is 0.300. The maximum atomic E-state index is 11.7. The molecule has 0 aliphatic rings. The Morgan fingerprint density at radius 3 is 2.47 bits per heavy atom. The maximum Gasteiger partial charge on any atom is 0.321 e. The predicted molar refractivity (Wildman–Crippen MR) is 71.0 cm³/mol. The van der Waals surface area contributed by atoms with E-state index in [1.54, 1.807) is 19.1 Å². The lowest BCUT2D eigenvalue weighted by atomic mass is 10.4. The Kier molecular flexibility index (Phi) is 5.34. The molecule has 0 amide bonds. The quantitative estimate of drug-likeness (QED) is 0.624. The highest BCUT2D eigenvalue weighted by Gasteiger charge is 2.15. The Morgan fingerprint density at radius 1 is 1.35 bits per heavy atom. The van der Waals surface area contributed by atoms with Gasteiger partial charge in [0.1, 0.15) is 6.54 Å². The molecule has 17 heavy (non-hydrogen) atoms.